The number of hydrogen-bond donors (Lipinski definition) is 1. The van der Waals surface area contributed by atoms with Crippen LogP contribution in [-0.4, -0.2) is 24.6 Å². The highest BCUT2D eigenvalue weighted by Crippen LogP contribution is 2.33. The lowest BCUT2D eigenvalue weighted by Crippen LogP contribution is -2.44. The molecule has 5 nitrogen and oxygen atoms in total. The average Bonchev–Trinajstić information content (AvgIpc) is 2.78. The number of benzene rings is 1. The third-order valence-electron chi connectivity index (χ3n) is 3.38. The first-order valence-electron chi connectivity index (χ1n) is 6.19. The Morgan fingerprint density at radius 3 is 2.74 bits per heavy atom. The van der Waals surface area contributed by atoms with Gasteiger partial charge in [-0.15, -0.1) is 0 Å². The van der Waals surface area contributed by atoms with E-state index in [1.807, 2.05) is 30.3 Å². The Morgan fingerprint density at radius 1 is 1.47 bits per heavy atom. The van der Waals surface area contributed by atoms with Crippen LogP contribution in [0.5, 0.6) is 0 Å². The maximum Gasteiger partial charge on any atom is 0.354 e. The number of ether oxygens (including phenoxy) is 1. The van der Waals surface area contributed by atoms with Crippen molar-refractivity contribution in [3.05, 3.63) is 35.9 Å². The summed E-state index contributed by atoms with van der Waals surface area (Å²) in [5.74, 6) is -0.867. The van der Waals surface area contributed by atoms with Gasteiger partial charge >= 0.3 is 5.97 Å². The van der Waals surface area contributed by atoms with Crippen molar-refractivity contribution >= 4 is 18.0 Å². The summed E-state index contributed by atoms with van der Waals surface area (Å²) in [6.45, 7) is 3.80. The molecule has 5 heteroatoms. The quantitative estimate of drug-likeness (QED) is 0.653. The molecular formula is C14H16N2O3. The zero-order valence-electron chi connectivity index (χ0n) is 10.9. The van der Waals surface area contributed by atoms with Gasteiger partial charge in [0, 0.05) is 5.92 Å². The van der Waals surface area contributed by atoms with E-state index >= 15 is 0 Å². The highest BCUT2D eigenvalue weighted by atomic mass is 16.5. The van der Waals surface area contributed by atoms with Crippen molar-refractivity contribution in [2.75, 3.05) is 6.61 Å². The van der Waals surface area contributed by atoms with Crippen molar-refractivity contribution in [2.24, 2.45) is 11.0 Å². The summed E-state index contributed by atoms with van der Waals surface area (Å²) in [7, 11) is 0. The van der Waals surface area contributed by atoms with Gasteiger partial charge in [0.05, 0.1) is 6.61 Å². The third-order valence-corrected chi connectivity index (χ3v) is 3.38. The monoisotopic (exact) mass is 260 g/mol. The minimum atomic E-state index is -0.997. The summed E-state index contributed by atoms with van der Waals surface area (Å²) in [5.41, 5.74) is 2.82. The van der Waals surface area contributed by atoms with E-state index in [2.05, 4.69) is 10.5 Å². The second-order valence-electron chi connectivity index (χ2n) is 4.40. The normalized spacial score (nSPS) is 25.4. The van der Waals surface area contributed by atoms with Gasteiger partial charge in [-0.2, -0.15) is 5.10 Å². The van der Waals surface area contributed by atoms with Crippen molar-refractivity contribution in [1.82, 2.24) is 5.43 Å². The molecule has 0 aromatic heterocycles. The second kappa shape index (κ2) is 5.22. The fraction of sp³-hybridized carbons (Fsp3) is 0.357. The van der Waals surface area contributed by atoms with Crippen LogP contribution in [0.3, 0.4) is 0 Å². The van der Waals surface area contributed by atoms with Crippen LogP contribution in [0, 0.1) is 5.92 Å². The number of hydrazone groups is 1. The molecule has 0 fully saturated rings. The first kappa shape index (κ1) is 13.3. The predicted molar refractivity (Wildman–Crippen MR) is 70.6 cm³/mol. The van der Waals surface area contributed by atoms with Crippen molar-refractivity contribution in [2.45, 2.75) is 19.4 Å². The van der Waals surface area contributed by atoms with Gasteiger partial charge in [0.2, 0.25) is 0 Å². The van der Waals surface area contributed by atoms with Crippen LogP contribution in [-0.2, 0) is 19.9 Å². The average molecular weight is 260 g/mol. The summed E-state index contributed by atoms with van der Waals surface area (Å²) in [6, 6.07) is 9.23. The molecule has 0 radical (unpaired) electrons. The first-order chi connectivity index (χ1) is 9.15. The Labute approximate surface area is 111 Å². The molecule has 0 amide bonds. The molecule has 2 atom stereocenters. The number of nitrogens with one attached hydrogen (secondary N) is 1. The third kappa shape index (κ3) is 2.12. The fourth-order valence-corrected chi connectivity index (χ4v) is 2.21. The number of rotatable bonds is 4. The van der Waals surface area contributed by atoms with Crippen molar-refractivity contribution in [3.8, 4) is 0 Å². The molecular weight excluding hydrogens is 244 g/mol. The fourth-order valence-electron chi connectivity index (χ4n) is 2.21. The summed E-state index contributed by atoms with van der Waals surface area (Å²) in [6.07, 6.45) is 0.794. The molecule has 0 saturated heterocycles. The lowest BCUT2D eigenvalue weighted by molar-refractivity contribution is -0.135. The van der Waals surface area contributed by atoms with Crippen molar-refractivity contribution < 1.29 is 14.3 Å². The van der Waals surface area contributed by atoms with E-state index in [0.717, 1.165) is 11.8 Å². The van der Waals surface area contributed by atoms with E-state index in [1.54, 1.807) is 13.8 Å². The van der Waals surface area contributed by atoms with Crippen LogP contribution in [0.25, 0.3) is 0 Å². The Hall–Kier alpha value is -2.17. The lowest BCUT2D eigenvalue weighted by Gasteiger charge is -2.27. The Bertz CT molecular complexity index is 513. The van der Waals surface area contributed by atoms with Crippen molar-refractivity contribution in [3.63, 3.8) is 0 Å². The molecule has 1 aromatic rings. The molecule has 100 valence electrons. The van der Waals surface area contributed by atoms with Gasteiger partial charge in [0.15, 0.2) is 12.0 Å². The van der Waals surface area contributed by atoms with Gasteiger partial charge in [-0.1, -0.05) is 37.3 Å². The van der Waals surface area contributed by atoms with Crippen LogP contribution < -0.4 is 5.43 Å². The van der Waals surface area contributed by atoms with Crippen LogP contribution in [0.15, 0.2) is 35.4 Å². The number of nitrogens with zero attached hydrogens (tertiary/aromatic N) is 1. The largest absolute Gasteiger partial charge is 0.461 e. The summed E-state index contributed by atoms with van der Waals surface area (Å²) in [5, 5.41) is 4.00. The topological polar surface area (TPSA) is 67.8 Å². The van der Waals surface area contributed by atoms with Gasteiger partial charge < -0.3 is 9.53 Å². The lowest BCUT2D eigenvalue weighted by atomic mass is 9.79. The predicted octanol–water partition coefficient (Wildman–Crippen LogP) is 1.24. The SMILES string of the molecule is CCOC(=O)C1=NN[C@](C=O)(c2ccccc2)[C@@H]1C. The second-order valence-corrected chi connectivity index (χ2v) is 4.40. The minimum Gasteiger partial charge on any atom is -0.461 e. The maximum absolute atomic E-state index is 11.8. The molecule has 19 heavy (non-hydrogen) atoms. The number of esters is 1. The van der Waals surface area contributed by atoms with Crippen LogP contribution >= 0.6 is 0 Å². The molecule has 1 aliphatic rings. The first-order valence-corrected chi connectivity index (χ1v) is 6.19. The molecule has 2 rings (SSSR count). The zero-order chi connectivity index (χ0) is 13.9. The summed E-state index contributed by atoms with van der Waals surface area (Å²) in [4.78, 5) is 23.4. The number of carbonyl (C=O) groups is 2. The van der Waals surface area contributed by atoms with Crippen LogP contribution in [0.1, 0.15) is 19.4 Å². The van der Waals surface area contributed by atoms with Crippen LogP contribution in [0.2, 0.25) is 0 Å². The number of aldehydes is 1. The van der Waals surface area contributed by atoms with Gasteiger partial charge in [0.25, 0.3) is 0 Å². The van der Waals surface area contributed by atoms with Gasteiger partial charge in [-0.25, -0.2) is 4.79 Å². The summed E-state index contributed by atoms with van der Waals surface area (Å²) < 4.78 is 4.94. The molecule has 0 bridgehead atoms. The van der Waals surface area contributed by atoms with Crippen molar-refractivity contribution in [1.29, 1.82) is 0 Å². The molecule has 0 spiro atoms. The van der Waals surface area contributed by atoms with Gasteiger partial charge in [-0.05, 0) is 12.5 Å². The highest BCUT2D eigenvalue weighted by molar-refractivity contribution is 6.38. The minimum absolute atomic E-state index is 0.248. The van der Waals surface area contributed by atoms with Gasteiger partial charge in [0.1, 0.15) is 5.54 Å². The molecule has 1 heterocycles. The molecule has 1 N–H and O–H groups in total. The summed E-state index contributed by atoms with van der Waals surface area (Å²) >= 11 is 0. The number of carbonyl (C=O) groups excluding carboxylic acids is 2. The Kier molecular flexibility index (Phi) is 3.64. The van der Waals surface area contributed by atoms with E-state index < -0.39 is 11.5 Å². The molecule has 1 aromatic carbocycles. The molecule has 1 aliphatic heterocycles. The van der Waals surface area contributed by atoms with E-state index in [4.69, 9.17) is 4.74 Å². The smallest absolute Gasteiger partial charge is 0.354 e. The van der Waals surface area contributed by atoms with E-state index in [0.29, 0.717) is 0 Å². The van der Waals surface area contributed by atoms with Crippen LogP contribution in [0.4, 0.5) is 0 Å². The van der Waals surface area contributed by atoms with E-state index in [1.165, 1.54) is 0 Å². The maximum atomic E-state index is 11.8. The Morgan fingerprint density at radius 2 is 2.16 bits per heavy atom. The molecule has 0 saturated carbocycles. The highest BCUT2D eigenvalue weighted by Gasteiger charge is 2.47. The number of hydrogen-bond acceptors (Lipinski definition) is 5. The standard InChI is InChI=1S/C14H16N2O3/c1-3-19-13(18)12-10(2)14(9-17,16-15-12)11-7-5-4-6-8-11/h4-10,16H,3H2,1-2H3/t10-,14+/m1/s1. The zero-order valence-corrected chi connectivity index (χ0v) is 10.9. The molecule has 0 unspecified atom stereocenters. The van der Waals surface area contributed by atoms with Gasteiger partial charge in [-0.3, -0.25) is 5.43 Å². The van der Waals surface area contributed by atoms with E-state index in [-0.39, 0.29) is 18.2 Å². The molecule has 0 aliphatic carbocycles. The van der Waals surface area contributed by atoms with E-state index in [9.17, 15) is 9.59 Å². The Balaban J connectivity index is 2.32.